The van der Waals surface area contributed by atoms with Crippen LogP contribution in [0.25, 0.3) is 0 Å². The molecule has 1 atom stereocenters. The van der Waals surface area contributed by atoms with E-state index in [1.807, 2.05) is 6.92 Å². The summed E-state index contributed by atoms with van der Waals surface area (Å²) in [5, 5.41) is 0. The summed E-state index contributed by atoms with van der Waals surface area (Å²) in [6, 6.07) is 5.27. The zero-order valence-corrected chi connectivity index (χ0v) is 15.6. The molecule has 0 aromatic heterocycles. The van der Waals surface area contributed by atoms with Crippen LogP contribution in [0.5, 0.6) is 0 Å². The zero-order chi connectivity index (χ0) is 19.5. The number of amides is 1. The van der Waals surface area contributed by atoms with Gasteiger partial charge in [0.25, 0.3) is 5.91 Å². The number of rotatable bonds is 5. The second kappa shape index (κ2) is 7.96. The van der Waals surface area contributed by atoms with Gasteiger partial charge in [0.2, 0.25) is 10.0 Å². The van der Waals surface area contributed by atoms with Gasteiger partial charge in [-0.3, -0.25) is 4.79 Å². The summed E-state index contributed by atoms with van der Waals surface area (Å²) in [6.07, 6.45) is -2.82. The average Bonchev–Trinajstić information content (AvgIpc) is 2.58. The van der Waals surface area contributed by atoms with E-state index >= 15 is 0 Å². The number of hydrogen-bond donors (Lipinski definition) is 0. The van der Waals surface area contributed by atoms with Gasteiger partial charge in [-0.2, -0.15) is 17.5 Å². The number of benzene rings is 1. The van der Waals surface area contributed by atoms with Crippen LogP contribution >= 0.6 is 0 Å². The molecule has 0 aliphatic carbocycles. The maximum Gasteiger partial charge on any atom is 0.390 e. The van der Waals surface area contributed by atoms with E-state index in [9.17, 15) is 26.4 Å². The highest BCUT2D eigenvalue weighted by Gasteiger charge is 2.31. The Kier molecular flexibility index (Phi) is 6.33. The standard InChI is InChI=1S/C17H23F3N2O3S/c1-13-5-3-4-11-22(13)26(24,25)15-8-6-14(7-9-15)16(23)21(2)12-10-17(18,19)20/h6-9,13H,3-5,10-12H2,1-2H3. The fourth-order valence-corrected chi connectivity index (χ4v) is 4.65. The molecule has 0 N–H and O–H groups in total. The third-order valence-corrected chi connectivity index (χ3v) is 6.56. The molecule has 1 unspecified atom stereocenters. The Morgan fingerprint density at radius 1 is 1.23 bits per heavy atom. The minimum absolute atomic E-state index is 0.0800. The van der Waals surface area contributed by atoms with Crippen molar-refractivity contribution in [1.82, 2.24) is 9.21 Å². The third kappa shape index (κ3) is 4.97. The maximum atomic E-state index is 12.7. The molecular formula is C17H23F3N2O3S. The number of hydrogen-bond acceptors (Lipinski definition) is 3. The van der Waals surface area contributed by atoms with Gasteiger partial charge in [-0.05, 0) is 44.0 Å². The van der Waals surface area contributed by atoms with Crippen LogP contribution < -0.4 is 0 Å². The molecule has 1 aliphatic rings. The Hall–Kier alpha value is -1.61. The number of piperidine rings is 1. The van der Waals surface area contributed by atoms with Crippen molar-refractivity contribution in [3.63, 3.8) is 0 Å². The van der Waals surface area contributed by atoms with Crippen LogP contribution in [0.1, 0.15) is 43.0 Å². The molecule has 1 heterocycles. The lowest BCUT2D eigenvalue weighted by molar-refractivity contribution is -0.136. The molecule has 146 valence electrons. The lowest BCUT2D eigenvalue weighted by Crippen LogP contribution is -2.41. The molecule has 0 radical (unpaired) electrons. The average molecular weight is 392 g/mol. The topological polar surface area (TPSA) is 57.7 Å². The molecular weight excluding hydrogens is 369 g/mol. The van der Waals surface area contributed by atoms with E-state index in [1.54, 1.807) is 0 Å². The fourth-order valence-electron chi connectivity index (χ4n) is 2.95. The Balaban J connectivity index is 2.11. The molecule has 1 aromatic carbocycles. The first-order chi connectivity index (χ1) is 12.0. The minimum atomic E-state index is -4.34. The summed E-state index contributed by atoms with van der Waals surface area (Å²) < 4.78 is 63.7. The van der Waals surface area contributed by atoms with Crippen LogP contribution in [-0.4, -0.2) is 55.9 Å². The van der Waals surface area contributed by atoms with E-state index in [2.05, 4.69) is 0 Å². The lowest BCUT2D eigenvalue weighted by atomic mass is 10.1. The molecule has 1 aliphatic heterocycles. The lowest BCUT2D eigenvalue weighted by Gasteiger charge is -2.32. The Labute approximate surface area is 151 Å². The molecule has 9 heteroatoms. The van der Waals surface area contributed by atoms with E-state index < -0.39 is 35.1 Å². The predicted octanol–water partition coefficient (Wildman–Crippen LogP) is 3.27. The third-order valence-electron chi connectivity index (χ3n) is 4.53. The SMILES string of the molecule is CC1CCCCN1S(=O)(=O)c1ccc(C(=O)N(C)CCC(F)(F)F)cc1. The first-order valence-electron chi connectivity index (χ1n) is 8.46. The molecule has 1 saturated heterocycles. The molecule has 26 heavy (non-hydrogen) atoms. The number of carbonyl (C=O) groups is 1. The van der Waals surface area contributed by atoms with E-state index in [4.69, 9.17) is 0 Å². The first-order valence-corrected chi connectivity index (χ1v) is 9.90. The fraction of sp³-hybridized carbons (Fsp3) is 0.588. The number of nitrogens with zero attached hydrogens (tertiary/aromatic N) is 2. The molecule has 1 fully saturated rings. The van der Waals surface area contributed by atoms with Gasteiger partial charge in [-0.1, -0.05) is 6.42 Å². The summed E-state index contributed by atoms with van der Waals surface area (Å²) in [7, 11) is -2.36. The highest BCUT2D eigenvalue weighted by molar-refractivity contribution is 7.89. The van der Waals surface area contributed by atoms with Crippen molar-refractivity contribution in [3.8, 4) is 0 Å². The minimum Gasteiger partial charge on any atom is -0.341 e. The van der Waals surface area contributed by atoms with Crippen molar-refractivity contribution in [3.05, 3.63) is 29.8 Å². The number of alkyl halides is 3. The zero-order valence-electron chi connectivity index (χ0n) is 14.8. The molecule has 0 spiro atoms. The molecule has 1 aromatic rings. The number of carbonyl (C=O) groups excluding carboxylic acids is 1. The molecule has 1 amide bonds. The number of halogens is 3. The summed E-state index contributed by atoms with van der Waals surface area (Å²) in [5.41, 5.74) is 0.153. The van der Waals surface area contributed by atoms with Crippen LogP contribution in [0.2, 0.25) is 0 Å². The summed E-state index contributed by atoms with van der Waals surface area (Å²) >= 11 is 0. The van der Waals surface area contributed by atoms with Gasteiger partial charge in [-0.25, -0.2) is 8.42 Å². The van der Waals surface area contributed by atoms with Gasteiger partial charge in [0.15, 0.2) is 0 Å². The number of sulfonamides is 1. The van der Waals surface area contributed by atoms with E-state index in [1.165, 1.54) is 35.6 Å². The molecule has 0 bridgehead atoms. The van der Waals surface area contributed by atoms with Crippen molar-refractivity contribution in [2.45, 2.75) is 49.7 Å². The van der Waals surface area contributed by atoms with Gasteiger partial charge < -0.3 is 4.90 Å². The first kappa shape index (κ1) is 20.7. The Morgan fingerprint density at radius 3 is 2.38 bits per heavy atom. The second-order valence-electron chi connectivity index (χ2n) is 6.58. The van der Waals surface area contributed by atoms with Crippen LogP contribution in [0.15, 0.2) is 29.2 Å². The summed E-state index contributed by atoms with van der Waals surface area (Å²) in [5.74, 6) is -0.579. The van der Waals surface area contributed by atoms with Crippen molar-refractivity contribution < 1.29 is 26.4 Å². The van der Waals surface area contributed by atoms with Gasteiger partial charge in [-0.15, -0.1) is 0 Å². The van der Waals surface area contributed by atoms with E-state index in [-0.39, 0.29) is 16.5 Å². The van der Waals surface area contributed by atoms with Crippen LogP contribution in [0.4, 0.5) is 13.2 Å². The van der Waals surface area contributed by atoms with Crippen molar-refractivity contribution in [2.24, 2.45) is 0 Å². The quantitative estimate of drug-likeness (QED) is 0.773. The smallest absolute Gasteiger partial charge is 0.341 e. The molecule has 0 saturated carbocycles. The van der Waals surface area contributed by atoms with Crippen molar-refractivity contribution in [2.75, 3.05) is 20.1 Å². The summed E-state index contributed by atoms with van der Waals surface area (Å²) in [6.45, 7) is 1.88. The van der Waals surface area contributed by atoms with Crippen molar-refractivity contribution >= 4 is 15.9 Å². The Bertz CT molecular complexity index is 733. The second-order valence-corrected chi connectivity index (χ2v) is 8.47. The summed E-state index contributed by atoms with van der Waals surface area (Å²) in [4.78, 5) is 13.2. The largest absolute Gasteiger partial charge is 0.390 e. The highest BCUT2D eigenvalue weighted by atomic mass is 32.2. The van der Waals surface area contributed by atoms with Crippen molar-refractivity contribution in [1.29, 1.82) is 0 Å². The van der Waals surface area contributed by atoms with Gasteiger partial charge in [0.05, 0.1) is 11.3 Å². The van der Waals surface area contributed by atoms with Gasteiger partial charge in [0, 0.05) is 31.7 Å². The monoisotopic (exact) mass is 392 g/mol. The van der Waals surface area contributed by atoms with Crippen LogP contribution in [0, 0.1) is 0 Å². The Morgan fingerprint density at radius 2 is 1.85 bits per heavy atom. The predicted molar refractivity (Wildman–Crippen MR) is 91.3 cm³/mol. The van der Waals surface area contributed by atoms with Gasteiger partial charge in [0.1, 0.15) is 0 Å². The normalized spacial score (nSPS) is 19.3. The maximum absolute atomic E-state index is 12.7. The molecule has 2 rings (SSSR count). The van der Waals surface area contributed by atoms with Crippen LogP contribution in [0.3, 0.4) is 0 Å². The van der Waals surface area contributed by atoms with Crippen LogP contribution in [-0.2, 0) is 10.0 Å². The van der Waals surface area contributed by atoms with Gasteiger partial charge >= 0.3 is 6.18 Å². The highest BCUT2D eigenvalue weighted by Crippen LogP contribution is 2.25. The van der Waals surface area contributed by atoms with E-state index in [0.29, 0.717) is 6.54 Å². The van der Waals surface area contributed by atoms with E-state index in [0.717, 1.165) is 24.2 Å². The molecule has 5 nitrogen and oxygen atoms in total.